The van der Waals surface area contributed by atoms with Gasteiger partial charge in [-0.1, -0.05) is 6.07 Å². The summed E-state index contributed by atoms with van der Waals surface area (Å²) in [5.41, 5.74) is 10.1. The molecule has 0 spiro atoms. The summed E-state index contributed by atoms with van der Waals surface area (Å²) in [6.07, 6.45) is 2.17. The molecular weight excluding hydrogens is 256 g/mol. The second-order valence-corrected chi connectivity index (χ2v) is 5.00. The van der Waals surface area contributed by atoms with E-state index in [0.29, 0.717) is 19.6 Å². The predicted molar refractivity (Wildman–Crippen MR) is 78.7 cm³/mol. The van der Waals surface area contributed by atoms with Gasteiger partial charge in [0, 0.05) is 6.07 Å². The summed E-state index contributed by atoms with van der Waals surface area (Å²) in [4.78, 5) is 11.1. The quantitative estimate of drug-likeness (QED) is 0.676. The standard InChI is InChI=1S/C15H24N2O3/c1-3-19-12-7-6-8-13(11-12)20-10-5-4-9-15(2,17)14(16)18/h6-8,11H,3-5,9-10,17H2,1-2H3,(H2,16,18). The summed E-state index contributed by atoms with van der Waals surface area (Å²) in [6.45, 7) is 4.80. The summed E-state index contributed by atoms with van der Waals surface area (Å²) in [6, 6.07) is 7.53. The molecule has 1 aromatic carbocycles. The van der Waals surface area contributed by atoms with Crippen LogP contribution in [-0.4, -0.2) is 24.7 Å². The van der Waals surface area contributed by atoms with Crippen molar-refractivity contribution in [2.45, 2.75) is 38.6 Å². The zero-order chi connectivity index (χ0) is 15.0. The summed E-state index contributed by atoms with van der Waals surface area (Å²) in [5.74, 6) is 1.11. The lowest BCUT2D eigenvalue weighted by molar-refractivity contribution is -0.122. The molecule has 0 saturated heterocycles. The fourth-order valence-electron chi connectivity index (χ4n) is 1.73. The lowest BCUT2D eigenvalue weighted by Gasteiger charge is -2.19. The Morgan fingerprint density at radius 3 is 2.50 bits per heavy atom. The molecule has 0 aromatic heterocycles. The molecule has 0 radical (unpaired) electrons. The molecule has 1 rings (SSSR count). The molecular formula is C15H24N2O3. The molecule has 0 bridgehead atoms. The van der Waals surface area contributed by atoms with Crippen LogP contribution in [0.25, 0.3) is 0 Å². The Labute approximate surface area is 120 Å². The first-order chi connectivity index (χ1) is 9.45. The van der Waals surface area contributed by atoms with Crippen LogP contribution in [0.4, 0.5) is 0 Å². The summed E-state index contributed by atoms with van der Waals surface area (Å²) < 4.78 is 11.0. The van der Waals surface area contributed by atoms with Gasteiger partial charge < -0.3 is 20.9 Å². The van der Waals surface area contributed by atoms with Crippen LogP contribution in [0.3, 0.4) is 0 Å². The van der Waals surface area contributed by atoms with Gasteiger partial charge in [-0.15, -0.1) is 0 Å². The van der Waals surface area contributed by atoms with Gasteiger partial charge in [0.2, 0.25) is 5.91 Å². The molecule has 5 heteroatoms. The van der Waals surface area contributed by atoms with E-state index < -0.39 is 11.4 Å². The molecule has 0 heterocycles. The molecule has 4 N–H and O–H groups in total. The van der Waals surface area contributed by atoms with Crippen molar-refractivity contribution in [2.24, 2.45) is 11.5 Å². The molecule has 1 amide bonds. The van der Waals surface area contributed by atoms with Crippen molar-refractivity contribution in [1.82, 2.24) is 0 Å². The van der Waals surface area contributed by atoms with Crippen molar-refractivity contribution in [3.63, 3.8) is 0 Å². The van der Waals surface area contributed by atoms with E-state index >= 15 is 0 Å². The molecule has 1 aromatic rings. The minimum Gasteiger partial charge on any atom is -0.494 e. The van der Waals surface area contributed by atoms with Crippen molar-refractivity contribution in [3.8, 4) is 11.5 Å². The summed E-state index contributed by atoms with van der Waals surface area (Å²) in [7, 11) is 0. The van der Waals surface area contributed by atoms with E-state index in [2.05, 4.69) is 0 Å². The predicted octanol–water partition coefficient (Wildman–Crippen LogP) is 1.84. The number of carbonyl (C=O) groups excluding carboxylic acids is 1. The second kappa shape index (κ2) is 7.75. The molecule has 1 atom stereocenters. The third-order valence-corrected chi connectivity index (χ3v) is 3.04. The first kappa shape index (κ1) is 16.3. The lowest BCUT2D eigenvalue weighted by Crippen LogP contribution is -2.49. The number of carbonyl (C=O) groups is 1. The van der Waals surface area contributed by atoms with Crippen LogP contribution in [0.15, 0.2) is 24.3 Å². The van der Waals surface area contributed by atoms with Gasteiger partial charge in [0.15, 0.2) is 0 Å². The summed E-state index contributed by atoms with van der Waals surface area (Å²) in [5, 5.41) is 0. The van der Waals surface area contributed by atoms with E-state index in [9.17, 15) is 4.79 Å². The number of unbranched alkanes of at least 4 members (excludes halogenated alkanes) is 1. The van der Waals surface area contributed by atoms with Crippen molar-refractivity contribution in [2.75, 3.05) is 13.2 Å². The monoisotopic (exact) mass is 280 g/mol. The number of nitrogens with two attached hydrogens (primary N) is 2. The van der Waals surface area contributed by atoms with Gasteiger partial charge in [0.25, 0.3) is 0 Å². The normalized spacial score (nSPS) is 13.6. The van der Waals surface area contributed by atoms with Crippen LogP contribution in [0.1, 0.15) is 33.1 Å². The van der Waals surface area contributed by atoms with Crippen LogP contribution in [0, 0.1) is 0 Å². The van der Waals surface area contributed by atoms with Gasteiger partial charge in [-0.2, -0.15) is 0 Å². The molecule has 0 fully saturated rings. The third kappa shape index (κ3) is 5.48. The zero-order valence-electron chi connectivity index (χ0n) is 12.2. The number of hydrogen-bond donors (Lipinski definition) is 2. The third-order valence-electron chi connectivity index (χ3n) is 3.04. The highest BCUT2D eigenvalue weighted by atomic mass is 16.5. The molecule has 20 heavy (non-hydrogen) atoms. The van der Waals surface area contributed by atoms with Crippen molar-refractivity contribution in [1.29, 1.82) is 0 Å². The van der Waals surface area contributed by atoms with E-state index in [1.54, 1.807) is 6.92 Å². The van der Waals surface area contributed by atoms with E-state index in [1.807, 2.05) is 31.2 Å². The minimum atomic E-state index is -0.936. The SMILES string of the molecule is CCOc1cccc(OCCCCC(C)(N)C(N)=O)c1. The fourth-order valence-corrected chi connectivity index (χ4v) is 1.73. The Morgan fingerprint density at radius 1 is 1.25 bits per heavy atom. The largest absolute Gasteiger partial charge is 0.494 e. The van der Waals surface area contributed by atoms with E-state index in [4.69, 9.17) is 20.9 Å². The number of rotatable bonds is 9. The lowest BCUT2D eigenvalue weighted by atomic mass is 9.96. The van der Waals surface area contributed by atoms with Crippen LogP contribution >= 0.6 is 0 Å². The van der Waals surface area contributed by atoms with Crippen molar-refractivity contribution in [3.05, 3.63) is 24.3 Å². The van der Waals surface area contributed by atoms with E-state index in [0.717, 1.165) is 24.3 Å². The average Bonchev–Trinajstić information content (AvgIpc) is 2.39. The Morgan fingerprint density at radius 2 is 1.90 bits per heavy atom. The highest BCUT2D eigenvalue weighted by molar-refractivity contribution is 5.83. The Kier molecular flexibility index (Phi) is 6.31. The van der Waals surface area contributed by atoms with Crippen LogP contribution in [0.2, 0.25) is 0 Å². The highest BCUT2D eigenvalue weighted by Crippen LogP contribution is 2.20. The van der Waals surface area contributed by atoms with Gasteiger partial charge in [-0.05, 0) is 45.2 Å². The topological polar surface area (TPSA) is 87.6 Å². The van der Waals surface area contributed by atoms with E-state index in [-0.39, 0.29) is 0 Å². The van der Waals surface area contributed by atoms with Crippen molar-refractivity contribution < 1.29 is 14.3 Å². The molecule has 5 nitrogen and oxygen atoms in total. The number of hydrogen-bond acceptors (Lipinski definition) is 4. The molecule has 0 aliphatic heterocycles. The van der Waals surface area contributed by atoms with Crippen molar-refractivity contribution >= 4 is 5.91 Å². The van der Waals surface area contributed by atoms with Crippen LogP contribution in [-0.2, 0) is 4.79 Å². The van der Waals surface area contributed by atoms with Gasteiger partial charge in [-0.25, -0.2) is 0 Å². The molecule has 0 aliphatic rings. The van der Waals surface area contributed by atoms with Crippen LogP contribution < -0.4 is 20.9 Å². The summed E-state index contributed by atoms with van der Waals surface area (Å²) >= 11 is 0. The Bertz CT molecular complexity index is 433. The maximum absolute atomic E-state index is 11.1. The van der Waals surface area contributed by atoms with Gasteiger partial charge >= 0.3 is 0 Å². The molecule has 112 valence electrons. The Hall–Kier alpha value is -1.75. The van der Waals surface area contributed by atoms with E-state index in [1.165, 1.54) is 0 Å². The zero-order valence-corrected chi connectivity index (χ0v) is 12.2. The highest BCUT2D eigenvalue weighted by Gasteiger charge is 2.24. The fraction of sp³-hybridized carbons (Fsp3) is 0.533. The van der Waals surface area contributed by atoms with Gasteiger partial charge in [0.05, 0.1) is 18.8 Å². The first-order valence-electron chi connectivity index (χ1n) is 6.90. The maximum Gasteiger partial charge on any atom is 0.237 e. The first-order valence-corrected chi connectivity index (χ1v) is 6.90. The smallest absolute Gasteiger partial charge is 0.237 e. The maximum atomic E-state index is 11.1. The number of primary amides is 1. The average molecular weight is 280 g/mol. The number of amides is 1. The van der Waals surface area contributed by atoms with Crippen LogP contribution in [0.5, 0.6) is 11.5 Å². The van der Waals surface area contributed by atoms with Gasteiger partial charge in [-0.3, -0.25) is 4.79 Å². The molecule has 0 saturated carbocycles. The van der Waals surface area contributed by atoms with Gasteiger partial charge in [0.1, 0.15) is 11.5 Å². The number of benzene rings is 1. The second-order valence-electron chi connectivity index (χ2n) is 5.00. The molecule has 0 aliphatic carbocycles. The molecule has 1 unspecified atom stereocenters. The number of ether oxygens (including phenoxy) is 2. The minimum absolute atomic E-state index is 0.470. The Balaban J connectivity index is 2.28.